The predicted octanol–water partition coefficient (Wildman–Crippen LogP) is 3.14. The van der Waals surface area contributed by atoms with Crippen LogP contribution >= 0.6 is 35.2 Å². The Morgan fingerprint density at radius 2 is 2.05 bits per heavy atom. The van der Waals surface area contributed by atoms with Crippen LogP contribution in [0.2, 0.25) is 5.02 Å². The molecule has 1 aromatic carbocycles. The highest BCUT2D eigenvalue weighted by Crippen LogP contribution is 2.30. The second-order valence-electron chi connectivity index (χ2n) is 4.02. The van der Waals surface area contributed by atoms with E-state index >= 15 is 0 Å². The molecule has 0 amide bonds. The van der Waals surface area contributed by atoms with E-state index in [1.54, 1.807) is 31.2 Å². The lowest BCUT2D eigenvalue weighted by atomic mass is 10.2. The molecule has 0 saturated carbocycles. The van der Waals surface area contributed by atoms with Crippen LogP contribution in [0.5, 0.6) is 0 Å². The van der Waals surface area contributed by atoms with E-state index in [9.17, 15) is 8.42 Å². The molecule has 0 bridgehead atoms. The Bertz CT molecular complexity index is 749. The molecule has 8 heteroatoms. The molecule has 0 aliphatic carbocycles. The Hall–Kier alpha value is -1.15. The minimum Gasteiger partial charge on any atom is -0.389 e. The second kappa shape index (κ2) is 5.69. The lowest BCUT2D eigenvalue weighted by Crippen LogP contribution is -2.13. The number of halogens is 1. The fourth-order valence-electron chi connectivity index (χ4n) is 1.54. The van der Waals surface area contributed by atoms with E-state index in [1.807, 2.05) is 0 Å². The van der Waals surface area contributed by atoms with Crippen LogP contribution in [-0.2, 0) is 10.0 Å². The molecule has 3 N–H and O–H groups in total. The first-order valence-electron chi connectivity index (χ1n) is 5.49. The maximum absolute atomic E-state index is 12.3. The summed E-state index contributed by atoms with van der Waals surface area (Å²) in [7, 11) is -3.70. The Morgan fingerprint density at radius 3 is 2.60 bits per heavy atom. The fraction of sp³-hybridized carbons (Fsp3) is 0.0833. The standard InChI is InChI=1S/C12H11ClN2O2S3/c1-7-3-2-4-8(13)11(7)15-20(16,17)10-6-5-9(19-10)12(14)18/h2-6,15H,1H3,(H2,14,18). The van der Waals surface area contributed by atoms with Crippen LogP contribution in [0.15, 0.2) is 34.5 Å². The van der Waals surface area contributed by atoms with Gasteiger partial charge in [-0.2, -0.15) is 0 Å². The Morgan fingerprint density at radius 1 is 1.35 bits per heavy atom. The average molecular weight is 347 g/mol. The number of para-hydroxylation sites is 1. The van der Waals surface area contributed by atoms with Gasteiger partial charge in [0.25, 0.3) is 10.0 Å². The number of hydrogen-bond donors (Lipinski definition) is 2. The van der Waals surface area contributed by atoms with Crippen molar-refractivity contribution in [2.24, 2.45) is 5.73 Å². The molecule has 1 heterocycles. The average Bonchev–Trinajstić information content (AvgIpc) is 2.84. The van der Waals surface area contributed by atoms with Gasteiger partial charge in [-0.15, -0.1) is 11.3 Å². The van der Waals surface area contributed by atoms with Crippen molar-refractivity contribution in [1.82, 2.24) is 0 Å². The minimum atomic E-state index is -3.70. The van der Waals surface area contributed by atoms with Gasteiger partial charge >= 0.3 is 0 Å². The molecule has 2 rings (SSSR count). The van der Waals surface area contributed by atoms with Gasteiger partial charge in [0.15, 0.2) is 0 Å². The molecule has 0 atom stereocenters. The van der Waals surface area contributed by atoms with Gasteiger partial charge in [0.05, 0.1) is 15.6 Å². The highest BCUT2D eigenvalue weighted by molar-refractivity contribution is 7.94. The third kappa shape index (κ3) is 3.12. The van der Waals surface area contributed by atoms with Crippen molar-refractivity contribution in [3.63, 3.8) is 0 Å². The number of rotatable bonds is 4. The number of thiophene rings is 1. The van der Waals surface area contributed by atoms with Gasteiger partial charge in [0.2, 0.25) is 0 Å². The molecular formula is C12H11ClN2O2S3. The van der Waals surface area contributed by atoms with Gasteiger partial charge in [-0.1, -0.05) is 36.0 Å². The lowest BCUT2D eigenvalue weighted by molar-refractivity contribution is 0.603. The number of sulfonamides is 1. The van der Waals surface area contributed by atoms with Crippen molar-refractivity contribution >= 4 is 55.9 Å². The molecule has 20 heavy (non-hydrogen) atoms. The molecule has 0 saturated heterocycles. The smallest absolute Gasteiger partial charge is 0.271 e. The summed E-state index contributed by atoms with van der Waals surface area (Å²) in [5, 5.41) is 0.347. The van der Waals surface area contributed by atoms with Crippen LogP contribution in [0.1, 0.15) is 10.4 Å². The SMILES string of the molecule is Cc1cccc(Cl)c1NS(=O)(=O)c1ccc(C(N)=S)s1. The van der Waals surface area contributed by atoms with Gasteiger partial charge in [0.1, 0.15) is 9.20 Å². The van der Waals surface area contributed by atoms with E-state index < -0.39 is 10.0 Å². The Balaban J connectivity index is 2.38. The molecule has 0 unspecified atom stereocenters. The number of aryl methyl sites for hydroxylation is 1. The molecular weight excluding hydrogens is 336 g/mol. The molecule has 0 radical (unpaired) electrons. The van der Waals surface area contributed by atoms with Crippen LogP contribution < -0.4 is 10.5 Å². The van der Waals surface area contributed by atoms with Crippen LogP contribution in [0.25, 0.3) is 0 Å². The number of anilines is 1. The van der Waals surface area contributed by atoms with Gasteiger partial charge < -0.3 is 5.73 Å². The predicted molar refractivity (Wildman–Crippen MR) is 87.2 cm³/mol. The zero-order chi connectivity index (χ0) is 14.9. The monoisotopic (exact) mass is 346 g/mol. The highest BCUT2D eigenvalue weighted by atomic mass is 35.5. The maximum Gasteiger partial charge on any atom is 0.271 e. The molecule has 4 nitrogen and oxygen atoms in total. The Kier molecular flexibility index (Phi) is 4.33. The minimum absolute atomic E-state index is 0.139. The summed E-state index contributed by atoms with van der Waals surface area (Å²) in [6.45, 7) is 1.78. The lowest BCUT2D eigenvalue weighted by Gasteiger charge is -2.10. The van der Waals surface area contributed by atoms with Gasteiger partial charge in [0, 0.05) is 0 Å². The van der Waals surface area contributed by atoms with Crippen LogP contribution in [0.3, 0.4) is 0 Å². The fourth-order valence-corrected chi connectivity index (χ4v) is 4.37. The number of benzene rings is 1. The molecule has 1 aromatic heterocycles. The molecule has 0 aliphatic heterocycles. The van der Waals surface area contributed by atoms with Crippen molar-refractivity contribution in [2.45, 2.75) is 11.1 Å². The zero-order valence-corrected chi connectivity index (χ0v) is 13.6. The first-order chi connectivity index (χ1) is 9.31. The molecule has 2 aromatic rings. The van der Waals surface area contributed by atoms with Gasteiger partial charge in [-0.3, -0.25) is 4.72 Å². The first-order valence-corrected chi connectivity index (χ1v) is 8.57. The third-order valence-electron chi connectivity index (χ3n) is 2.55. The van der Waals surface area contributed by atoms with E-state index in [0.29, 0.717) is 15.6 Å². The molecule has 0 fully saturated rings. The first kappa shape index (κ1) is 15.2. The number of nitrogens with one attached hydrogen (secondary N) is 1. The zero-order valence-electron chi connectivity index (χ0n) is 10.4. The van der Waals surface area contributed by atoms with E-state index in [2.05, 4.69) is 4.72 Å². The summed E-state index contributed by atoms with van der Waals surface area (Å²) in [5.74, 6) is 0. The Labute approximate surface area is 131 Å². The van der Waals surface area contributed by atoms with E-state index in [-0.39, 0.29) is 9.20 Å². The highest BCUT2D eigenvalue weighted by Gasteiger charge is 2.19. The summed E-state index contributed by atoms with van der Waals surface area (Å²) >= 11 is 11.9. The second-order valence-corrected chi connectivity index (χ2v) is 7.86. The summed E-state index contributed by atoms with van der Waals surface area (Å²) in [6, 6.07) is 8.21. The molecule has 0 spiro atoms. The topological polar surface area (TPSA) is 72.2 Å². The third-order valence-corrected chi connectivity index (χ3v) is 6.17. The summed E-state index contributed by atoms with van der Waals surface area (Å²) < 4.78 is 27.2. The summed E-state index contributed by atoms with van der Waals surface area (Å²) in [4.78, 5) is 0.724. The van der Waals surface area contributed by atoms with Crippen molar-refractivity contribution in [3.05, 3.63) is 45.8 Å². The number of hydrogen-bond acceptors (Lipinski definition) is 4. The van der Waals surface area contributed by atoms with E-state index in [1.165, 1.54) is 6.07 Å². The summed E-state index contributed by atoms with van der Waals surface area (Å²) in [5.41, 5.74) is 6.59. The quantitative estimate of drug-likeness (QED) is 0.834. The largest absolute Gasteiger partial charge is 0.389 e. The van der Waals surface area contributed by atoms with E-state index in [4.69, 9.17) is 29.6 Å². The van der Waals surface area contributed by atoms with Crippen molar-refractivity contribution in [2.75, 3.05) is 4.72 Å². The normalized spacial score (nSPS) is 11.3. The maximum atomic E-state index is 12.3. The summed E-state index contributed by atoms with van der Waals surface area (Å²) in [6.07, 6.45) is 0. The number of thiocarbonyl (C=S) groups is 1. The van der Waals surface area contributed by atoms with E-state index in [0.717, 1.165) is 16.9 Å². The molecule has 106 valence electrons. The molecule has 0 aliphatic rings. The van der Waals surface area contributed by atoms with Crippen LogP contribution in [-0.4, -0.2) is 13.4 Å². The van der Waals surface area contributed by atoms with Crippen molar-refractivity contribution < 1.29 is 8.42 Å². The van der Waals surface area contributed by atoms with Crippen LogP contribution in [0.4, 0.5) is 5.69 Å². The van der Waals surface area contributed by atoms with Crippen LogP contribution in [0, 0.1) is 6.92 Å². The number of nitrogens with two attached hydrogens (primary N) is 1. The van der Waals surface area contributed by atoms with Crippen molar-refractivity contribution in [3.8, 4) is 0 Å². The van der Waals surface area contributed by atoms with Crippen molar-refractivity contribution in [1.29, 1.82) is 0 Å². The van der Waals surface area contributed by atoms with Gasteiger partial charge in [-0.25, -0.2) is 8.42 Å². The van der Waals surface area contributed by atoms with Gasteiger partial charge in [-0.05, 0) is 30.7 Å².